The van der Waals surface area contributed by atoms with Crippen LogP contribution in [0.4, 0.5) is 0 Å². The van der Waals surface area contributed by atoms with E-state index < -0.39 is 0 Å². The number of nitrogens with zero attached hydrogens (tertiary/aromatic N) is 3. The van der Waals surface area contributed by atoms with Crippen LogP contribution in [0.15, 0.2) is 22.5 Å². The number of hydrogen-bond donors (Lipinski definition) is 2. The summed E-state index contributed by atoms with van der Waals surface area (Å²) < 4.78 is 5.53. The molecule has 1 fully saturated rings. The van der Waals surface area contributed by atoms with Crippen molar-refractivity contribution in [2.45, 2.75) is 33.2 Å². The minimum atomic E-state index is 0.311. The van der Waals surface area contributed by atoms with Crippen LogP contribution in [0.5, 0.6) is 0 Å². The fourth-order valence-electron chi connectivity index (χ4n) is 3.37. The van der Waals surface area contributed by atoms with Crippen molar-refractivity contribution < 1.29 is 4.74 Å². The van der Waals surface area contributed by atoms with Gasteiger partial charge in [-0.3, -0.25) is 9.89 Å². The van der Waals surface area contributed by atoms with Crippen molar-refractivity contribution in [1.29, 1.82) is 0 Å². The highest BCUT2D eigenvalue weighted by molar-refractivity contribution is 7.11. The van der Waals surface area contributed by atoms with Crippen LogP contribution >= 0.6 is 22.7 Å². The predicted octanol–water partition coefficient (Wildman–Crippen LogP) is 2.99. The highest BCUT2D eigenvalue weighted by atomic mass is 32.1. The van der Waals surface area contributed by atoms with Crippen molar-refractivity contribution in [2.75, 3.05) is 45.9 Å². The third kappa shape index (κ3) is 6.01. The van der Waals surface area contributed by atoms with Gasteiger partial charge in [-0.1, -0.05) is 6.07 Å². The average molecular weight is 422 g/mol. The summed E-state index contributed by atoms with van der Waals surface area (Å²) in [7, 11) is 0. The van der Waals surface area contributed by atoms with Gasteiger partial charge in [0.05, 0.1) is 36.5 Å². The molecule has 1 aliphatic heterocycles. The van der Waals surface area contributed by atoms with Gasteiger partial charge in [-0.05, 0) is 32.2 Å². The number of ether oxygens (including phenoxy) is 1. The first-order chi connectivity index (χ1) is 13.7. The fraction of sp³-hybridized carbons (Fsp3) is 0.600. The van der Waals surface area contributed by atoms with Crippen molar-refractivity contribution >= 4 is 28.6 Å². The van der Waals surface area contributed by atoms with Crippen LogP contribution in [0.1, 0.15) is 33.4 Å². The van der Waals surface area contributed by atoms with E-state index in [0.717, 1.165) is 69.0 Å². The zero-order valence-corrected chi connectivity index (χ0v) is 18.7. The van der Waals surface area contributed by atoms with Gasteiger partial charge < -0.3 is 15.4 Å². The maximum Gasteiger partial charge on any atom is 0.191 e. The van der Waals surface area contributed by atoms with E-state index in [2.05, 4.69) is 58.8 Å². The molecule has 2 aromatic rings. The average Bonchev–Trinajstić information content (AvgIpc) is 3.33. The van der Waals surface area contributed by atoms with Crippen LogP contribution in [-0.2, 0) is 11.2 Å². The molecule has 1 saturated heterocycles. The van der Waals surface area contributed by atoms with E-state index >= 15 is 0 Å². The quantitative estimate of drug-likeness (QED) is 0.507. The Morgan fingerprint density at radius 2 is 2.14 bits per heavy atom. The largest absolute Gasteiger partial charge is 0.379 e. The first-order valence-electron chi connectivity index (χ1n) is 9.97. The Balaban J connectivity index is 1.61. The first-order valence-corrected chi connectivity index (χ1v) is 11.7. The van der Waals surface area contributed by atoms with Crippen LogP contribution in [0, 0.1) is 13.8 Å². The Kier molecular flexibility index (Phi) is 8.27. The molecule has 0 spiro atoms. The molecule has 6 nitrogen and oxygen atoms in total. The molecule has 0 saturated carbocycles. The zero-order valence-electron chi connectivity index (χ0n) is 17.0. The van der Waals surface area contributed by atoms with Crippen molar-refractivity contribution in [3.8, 4) is 0 Å². The van der Waals surface area contributed by atoms with Gasteiger partial charge in [0, 0.05) is 42.4 Å². The van der Waals surface area contributed by atoms with E-state index in [9.17, 15) is 0 Å². The molecule has 0 amide bonds. The van der Waals surface area contributed by atoms with E-state index in [1.54, 1.807) is 11.3 Å². The van der Waals surface area contributed by atoms with E-state index in [0.29, 0.717) is 6.04 Å². The van der Waals surface area contributed by atoms with Gasteiger partial charge in [0.15, 0.2) is 5.96 Å². The topological polar surface area (TPSA) is 61.8 Å². The van der Waals surface area contributed by atoms with E-state index in [1.807, 2.05) is 11.3 Å². The summed E-state index contributed by atoms with van der Waals surface area (Å²) >= 11 is 3.60. The lowest BCUT2D eigenvalue weighted by molar-refractivity contribution is 0.0186. The number of hydrogen-bond acceptors (Lipinski definition) is 6. The zero-order chi connectivity index (χ0) is 19.8. The molecule has 1 atom stereocenters. The number of aromatic nitrogens is 1. The SMILES string of the molecule is CCNC(=NCC(c1cccs1)N1CCOCC1)NCCc1sc(C)nc1C. The number of aliphatic imine (C=N–C) groups is 1. The molecule has 154 valence electrons. The maximum absolute atomic E-state index is 5.53. The summed E-state index contributed by atoms with van der Waals surface area (Å²) in [5, 5.41) is 10.2. The lowest BCUT2D eigenvalue weighted by Gasteiger charge is -2.33. The first kappa shape index (κ1) is 21.2. The Hall–Kier alpha value is -1.48. The monoisotopic (exact) mass is 421 g/mol. The van der Waals surface area contributed by atoms with Gasteiger partial charge in [0.25, 0.3) is 0 Å². The second kappa shape index (κ2) is 10.9. The Morgan fingerprint density at radius 3 is 2.79 bits per heavy atom. The van der Waals surface area contributed by atoms with Crippen LogP contribution < -0.4 is 10.6 Å². The predicted molar refractivity (Wildman–Crippen MR) is 119 cm³/mol. The normalized spacial score (nSPS) is 16.9. The lowest BCUT2D eigenvalue weighted by atomic mass is 10.2. The Labute approximate surface area is 176 Å². The third-order valence-electron chi connectivity index (χ3n) is 4.77. The molecule has 1 aliphatic rings. The smallest absolute Gasteiger partial charge is 0.191 e. The molecule has 1 unspecified atom stereocenters. The van der Waals surface area contributed by atoms with E-state index in [1.165, 1.54) is 9.75 Å². The molecular formula is C20H31N5OS2. The number of aryl methyl sites for hydroxylation is 2. The Bertz CT molecular complexity index is 738. The van der Waals surface area contributed by atoms with Gasteiger partial charge in [-0.2, -0.15) is 0 Å². The Morgan fingerprint density at radius 1 is 1.32 bits per heavy atom. The minimum absolute atomic E-state index is 0.311. The molecule has 0 radical (unpaired) electrons. The number of thiazole rings is 1. The third-order valence-corrected chi connectivity index (χ3v) is 6.87. The summed E-state index contributed by atoms with van der Waals surface area (Å²) in [6.07, 6.45) is 0.972. The maximum atomic E-state index is 5.53. The highest BCUT2D eigenvalue weighted by Gasteiger charge is 2.23. The number of morpholine rings is 1. The molecule has 8 heteroatoms. The molecular weight excluding hydrogens is 390 g/mol. The molecule has 0 bridgehead atoms. The fourth-order valence-corrected chi connectivity index (χ4v) is 5.16. The van der Waals surface area contributed by atoms with Crippen molar-refractivity contribution in [1.82, 2.24) is 20.5 Å². The molecule has 2 N–H and O–H groups in total. The summed E-state index contributed by atoms with van der Waals surface area (Å²) in [5.41, 5.74) is 1.15. The van der Waals surface area contributed by atoms with Crippen molar-refractivity contribution in [3.63, 3.8) is 0 Å². The number of guanidine groups is 1. The second-order valence-electron chi connectivity index (χ2n) is 6.82. The van der Waals surface area contributed by atoms with Crippen LogP contribution in [0.2, 0.25) is 0 Å². The van der Waals surface area contributed by atoms with Crippen LogP contribution in [0.3, 0.4) is 0 Å². The van der Waals surface area contributed by atoms with Crippen molar-refractivity contribution in [3.05, 3.63) is 38.0 Å². The van der Waals surface area contributed by atoms with Crippen LogP contribution in [0.25, 0.3) is 0 Å². The molecule has 28 heavy (non-hydrogen) atoms. The van der Waals surface area contributed by atoms with Crippen molar-refractivity contribution in [2.24, 2.45) is 4.99 Å². The standard InChI is InChI=1S/C20H31N5OS2/c1-4-21-20(22-8-7-18-15(2)24-16(3)28-18)23-14-17(19-6-5-13-27-19)25-9-11-26-12-10-25/h5-6,13,17H,4,7-12,14H2,1-3H3,(H2,21,22,23). The molecule has 3 heterocycles. The molecule has 0 aliphatic carbocycles. The van der Waals surface area contributed by atoms with Gasteiger partial charge in [0.1, 0.15) is 0 Å². The second-order valence-corrected chi connectivity index (χ2v) is 9.08. The van der Waals surface area contributed by atoms with Gasteiger partial charge in [-0.15, -0.1) is 22.7 Å². The van der Waals surface area contributed by atoms with Gasteiger partial charge >= 0.3 is 0 Å². The number of nitrogens with one attached hydrogen (secondary N) is 2. The molecule has 2 aromatic heterocycles. The lowest BCUT2D eigenvalue weighted by Crippen LogP contribution is -2.42. The van der Waals surface area contributed by atoms with E-state index in [-0.39, 0.29) is 0 Å². The van der Waals surface area contributed by atoms with Gasteiger partial charge in [0.2, 0.25) is 0 Å². The highest BCUT2D eigenvalue weighted by Crippen LogP contribution is 2.26. The summed E-state index contributed by atoms with van der Waals surface area (Å²) in [6.45, 7) is 12.2. The molecule has 0 aromatic carbocycles. The summed E-state index contributed by atoms with van der Waals surface area (Å²) in [4.78, 5) is 14.6. The van der Waals surface area contributed by atoms with E-state index in [4.69, 9.17) is 9.73 Å². The number of thiophene rings is 1. The van der Waals surface area contributed by atoms with Gasteiger partial charge in [-0.25, -0.2) is 4.98 Å². The summed E-state index contributed by atoms with van der Waals surface area (Å²) in [6, 6.07) is 4.65. The minimum Gasteiger partial charge on any atom is -0.379 e. The summed E-state index contributed by atoms with van der Waals surface area (Å²) in [5.74, 6) is 0.885. The van der Waals surface area contributed by atoms with Crippen LogP contribution in [-0.4, -0.2) is 61.8 Å². The molecule has 3 rings (SSSR count). The number of rotatable bonds is 8.